The summed E-state index contributed by atoms with van der Waals surface area (Å²) in [5.74, 6) is 1.72. The van der Waals surface area contributed by atoms with E-state index in [1.165, 1.54) is 7.11 Å². The number of benzene rings is 3. The Bertz CT molecular complexity index is 1460. The number of rotatable bonds is 10. The molecule has 0 saturated heterocycles. The summed E-state index contributed by atoms with van der Waals surface area (Å²) in [6.07, 6.45) is 2.15. The van der Waals surface area contributed by atoms with Gasteiger partial charge in [-0.1, -0.05) is 42.5 Å². The molecule has 1 aromatic heterocycles. The molecule has 1 heterocycles. The van der Waals surface area contributed by atoms with Crippen LogP contribution in [-0.4, -0.2) is 43.3 Å². The number of oxazole rings is 1. The van der Waals surface area contributed by atoms with Crippen LogP contribution in [0.2, 0.25) is 0 Å². The van der Waals surface area contributed by atoms with Crippen LogP contribution in [-0.2, 0) is 4.74 Å². The maximum Gasteiger partial charge on any atom is 0.407 e. The van der Waals surface area contributed by atoms with E-state index in [2.05, 4.69) is 15.6 Å². The molecule has 4 aromatic rings. The number of methoxy groups -OCH3 is 2. The summed E-state index contributed by atoms with van der Waals surface area (Å²) in [6.45, 7) is 5.78. The highest BCUT2D eigenvalue weighted by Crippen LogP contribution is 2.33. The van der Waals surface area contributed by atoms with Gasteiger partial charge < -0.3 is 29.3 Å². The van der Waals surface area contributed by atoms with E-state index in [1.807, 2.05) is 69.3 Å². The molecule has 0 bridgehead atoms. The van der Waals surface area contributed by atoms with Crippen molar-refractivity contribution in [1.29, 1.82) is 0 Å². The molecule has 9 heteroatoms. The Morgan fingerprint density at radius 3 is 2.42 bits per heavy atom. The highest BCUT2D eigenvalue weighted by molar-refractivity contribution is 6.03. The zero-order valence-corrected chi connectivity index (χ0v) is 23.4. The molecule has 3 aromatic carbocycles. The molecule has 2 amide bonds. The van der Waals surface area contributed by atoms with Crippen molar-refractivity contribution >= 4 is 22.8 Å². The van der Waals surface area contributed by atoms with Gasteiger partial charge in [-0.05, 0) is 57.2 Å². The van der Waals surface area contributed by atoms with Crippen LogP contribution < -0.4 is 20.1 Å². The molecule has 0 radical (unpaired) electrons. The van der Waals surface area contributed by atoms with E-state index in [0.29, 0.717) is 48.1 Å². The van der Waals surface area contributed by atoms with Crippen molar-refractivity contribution in [1.82, 2.24) is 15.6 Å². The Morgan fingerprint density at radius 2 is 1.73 bits per heavy atom. The zero-order valence-electron chi connectivity index (χ0n) is 23.4. The smallest absolute Gasteiger partial charge is 0.407 e. The second kappa shape index (κ2) is 12.5. The van der Waals surface area contributed by atoms with Gasteiger partial charge in [-0.3, -0.25) is 4.79 Å². The van der Waals surface area contributed by atoms with E-state index in [0.717, 1.165) is 16.3 Å². The standard InChI is InChI=1S/C31H35N3O6/c1-31(2,3)40-30(36)32-16-10-14-24(29-33-19-27(39-29)20-11-7-6-8-12-20)34-28(35)23-17-21-13-9-15-25(37-4)22(21)18-26(23)38-5/h6-9,11-13,15,17-19,24H,10,14,16H2,1-5H3,(H,32,36)(H,34,35)/t24-/m0/s1. The lowest BCUT2D eigenvalue weighted by molar-refractivity contribution is 0.0525. The van der Waals surface area contributed by atoms with Gasteiger partial charge in [0.15, 0.2) is 5.76 Å². The van der Waals surface area contributed by atoms with E-state index < -0.39 is 17.7 Å². The number of alkyl carbamates (subject to hydrolysis) is 1. The van der Waals surface area contributed by atoms with Crippen LogP contribution in [0.5, 0.6) is 11.5 Å². The van der Waals surface area contributed by atoms with Crippen molar-refractivity contribution in [2.75, 3.05) is 20.8 Å². The lowest BCUT2D eigenvalue weighted by Crippen LogP contribution is -2.34. The van der Waals surface area contributed by atoms with Gasteiger partial charge in [-0.2, -0.15) is 0 Å². The maximum atomic E-state index is 13.6. The predicted octanol–water partition coefficient (Wildman–Crippen LogP) is 6.29. The van der Waals surface area contributed by atoms with Gasteiger partial charge in [-0.15, -0.1) is 0 Å². The summed E-state index contributed by atoms with van der Waals surface area (Å²) in [5, 5.41) is 7.49. The first-order valence-electron chi connectivity index (χ1n) is 13.1. The number of fused-ring (bicyclic) bond motifs is 1. The summed E-state index contributed by atoms with van der Waals surface area (Å²) in [6, 6.07) is 18.3. The monoisotopic (exact) mass is 545 g/mol. The first-order chi connectivity index (χ1) is 19.2. The van der Waals surface area contributed by atoms with Gasteiger partial charge in [0.1, 0.15) is 23.1 Å². The quantitative estimate of drug-likeness (QED) is 0.225. The molecular formula is C31H35N3O6. The van der Waals surface area contributed by atoms with Crippen molar-refractivity contribution < 1.29 is 28.2 Å². The fourth-order valence-corrected chi connectivity index (χ4v) is 4.29. The van der Waals surface area contributed by atoms with Gasteiger partial charge in [0.2, 0.25) is 5.89 Å². The SMILES string of the molecule is COc1cc2c(OC)cccc2cc1C(=O)N[C@@H](CCCNC(=O)OC(C)(C)C)c1ncc(-c2ccccc2)o1. The first-order valence-corrected chi connectivity index (χ1v) is 13.1. The van der Waals surface area contributed by atoms with Crippen molar-refractivity contribution in [3.63, 3.8) is 0 Å². The van der Waals surface area contributed by atoms with Gasteiger partial charge in [0.05, 0.1) is 26.0 Å². The van der Waals surface area contributed by atoms with Crippen molar-refractivity contribution in [2.45, 2.75) is 45.3 Å². The second-order valence-corrected chi connectivity index (χ2v) is 10.3. The van der Waals surface area contributed by atoms with Crippen molar-refractivity contribution in [2.24, 2.45) is 0 Å². The van der Waals surface area contributed by atoms with E-state index in [4.69, 9.17) is 18.6 Å². The number of aromatic nitrogens is 1. The molecule has 0 fully saturated rings. The van der Waals surface area contributed by atoms with Crippen LogP contribution in [0.4, 0.5) is 4.79 Å². The molecule has 0 unspecified atom stereocenters. The number of amides is 2. The van der Waals surface area contributed by atoms with E-state index in [9.17, 15) is 9.59 Å². The Hall–Kier alpha value is -4.53. The lowest BCUT2D eigenvalue weighted by atomic mass is 10.0. The van der Waals surface area contributed by atoms with Crippen LogP contribution in [0.25, 0.3) is 22.1 Å². The van der Waals surface area contributed by atoms with Crippen LogP contribution in [0.15, 0.2) is 71.3 Å². The van der Waals surface area contributed by atoms with E-state index >= 15 is 0 Å². The van der Waals surface area contributed by atoms with Crippen molar-refractivity contribution in [3.8, 4) is 22.8 Å². The number of nitrogens with one attached hydrogen (secondary N) is 2. The predicted molar refractivity (Wildman–Crippen MR) is 153 cm³/mol. The minimum atomic E-state index is -0.588. The van der Waals surface area contributed by atoms with Crippen LogP contribution in [0.3, 0.4) is 0 Å². The molecule has 0 saturated carbocycles. The van der Waals surface area contributed by atoms with Gasteiger partial charge in [0.25, 0.3) is 5.91 Å². The molecule has 40 heavy (non-hydrogen) atoms. The van der Waals surface area contributed by atoms with E-state index in [-0.39, 0.29) is 5.91 Å². The molecule has 2 N–H and O–H groups in total. The lowest BCUT2D eigenvalue weighted by Gasteiger charge is -2.20. The number of carbonyl (C=O) groups is 2. The van der Waals surface area contributed by atoms with Gasteiger partial charge >= 0.3 is 6.09 Å². The minimum Gasteiger partial charge on any atom is -0.496 e. The topological polar surface area (TPSA) is 112 Å². The third-order valence-corrected chi connectivity index (χ3v) is 6.15. The number of ether oxygens (including phenoxy) is 3. The Balaban J connectivity index is 1.56. The average molecular weight is 546 g/mol. The molecule has 0 spiro atoms. The summed E-state index contributed by atoms with van der Waals surface area (Å²) >= 11 is 0. The fraction of sp³-hybridized carbons (Fsp3) is 0.323. The molecule has 0 aliphatic rings. The Labute approximate surface area is 233 Å². The average Bonchev–Trinajstić information content (AvgIpc) is 3.43. The Kier molecular flexibility index (Phi) is 8.93. The largest absolute Gasteiger partial charge is 0.496 e. The van der Waals surface area contributed by atoms with Crippen LogP contribution >= 0.6 is 0 Å². The number of nitrogens with zero attached hydrogens (tertiary/aromatic N) is 1. The molecule has 210 valence electrons. The number of carbonyl (C=O) groups excluding carboxylic acids is 2. The highest BCUT2D eigenvalue weighted by atomic mass is 16.6. The third-order valence-electron chi connectivity index (χ3n) is 6.15. The van der Waals surface area contributed by atoms with Crippen molar-refractivity contribution in [3.05, 3.63) is 78.3 Å². The molecule has 1 atom stereocenters. The summed E-state index contributed by atoms with van der Waals surface area (Å²) in [4.78, 5) is 30.1. The first kappa shape index (κ1) is 28.5. The molecule has 0 aliphatic heterocycles. The summed E-state index contributed by atoms with van der Waals surface area (Å²) < 4.78 is 22.4. The molecule has 9 nitrogen and oxygen atoms in total. The second-order valence-electron chi connectivity index (χ2n) is 10.3. The molecule has 4 rings (SSSR count). The van der Waals surface area contributed by atoms with Crippen LogP contribution in [0.1, 0.15) is 55.9 Å². The zero-order chi connectivity index (χ0) is 28.7. The van der Waals surface area contributed by atoms with Gasteiger partial charge in [0, 0.05) is 17.5 Å². The minimum absolute atomic E-state index is 0.342. The van der Waals surface area contributed by atoms with Gasteiger partial charge in [-0.25, -0.2) is 9.78 Å². The van der Waals surface area contributed by atoms with E-state index in [1.54, 1.807) is 25.4 Å². The maximum absolute atomic E-state index is 13.6. The third kappa shape index (κ3) is 7.11. The summed E-state index contributed by atoms with van der Waals surface area (Å²) in [7, 11) is 3.12. The number of hydrogen-bond acceptors (Lipinski definition) is 7. The Morgan fingerprint density at radius 1 is 0.975 bits per heavy atom. The van der Waals surface area contributed by atoms with Crippen LogP contribution in [0, 0.1) is 0 Å². The molecular weight excluding hydrogens is 510 g/mol. The normalized spacial score (nSPS) is 12.0. The fourth-order valence-electron chi connectivity index (χ4n) is 4.29. The highest BCUT2D eigenvalue weighted by Gasteiger charge is 2.24. The number of hydrogen-bond donors (Lipinski definition) is 2. The molecule has 0 aliphatic carbocycles. The summed E-state index contributed by atoms with van der Waals surface area (Å²) in [5.41, 5.74) is 0.660.